The van der Waals surface area contributed by atoms with Crippen LogP contribution in [0.3, 0.4) is 0 Å². The third kappa shape index (κ3) is 7.22. The molecule has 0 aliphatic carbocycles. The fourth-order valence-corrected chi connectivity index (χ4v) is 3.93. The number of hydrogen-bond acceptors (Lipinski definition) is 2. The highest BCUT2D eigenvalue weighted by atomic mass is 35.6. The number of hydrogen-bond donors (Lipinski definition) is 0. The van der Waals surface area contributed by atoms with E-state index >= 15 is 0 Å². The van der Waals surface area contributed by atoms with Gasteiger partial charge in [-0.15, -0.1) is 46.4 Å². The summed E-state index contributed by atoms with van der Waals surface area (Å²) in [4.78, 5) is 0. The highest BCUT2D eigenvalue weighted by molar-refractivity contribution is 6.99. The molecule has 0 bridgehead atoms. The van der Waals surface area contributed by atoms with E-state index in [1.165, 1.54) is 0 Å². The van der Waals surface area contributed by atoms with Crippen LogP contribution in [0.2, 0.25) is 0 Å². The van der Waals surface area contributed by atoms with Gasteiger partial charge in [0.25, 0.3) is 0 Å². The Morgan fingerprint density at radius 2 is 1.07 bits per heavy atom. The zero-order valence-electron chi connectivity index (χ0n) is 7.27. The summed E-state index contributed by atoms with van der Waals surface area (Å²) in [6.45, 7) is 0. The first-order valence-electron chi connectivity index (χ1n) is 3.86. The van der Waals surface area contributed by atoms with Crippen LogP contribution in [0.25, 0.3) is 0 Å². The fourth-order valence-electron chi connectivity index (χ4n) is 0.563. The minimum atomic E-state index is -2.25. The minimum absolute atomic E-state index is 0.279. The molecule has 0 aromatic rings. The molecule has 0 aromatic carbocycles. The van der Waals surface area contributed by atoms with Gasteiger partial charge >= 0.3 is 13.9 Å². The molecule has 0 saturated heterocycles. The van der Waals surface area contributed by atoms with Gasteiger partial charge in [0, 0.05) is 23.5 Å². The molecule has 2 nitrogen and oxygen atoms in total. The van der Waals surface area contributed by atoms with Gasteiger partial charge < -0.3 is 7.58 Å². The van der Waals surface area contributed by atoms with Gasteiger partial charge in [0.1, 0.15) is 0 Å². The van der Waals surface area contributed by atoms with Gasteiger partial charge in [-0.05, 0) is 0 Å². The molecule has 0 amide bonds. The van der Waals surface area contributed by atoms with Crippen molar-refractivity contribution in [2.75, 3.05) is 23.5 Å². The molecule has 0 radical (unpaired) electrons. The Morgan fingerprint density at radius 1 is 0.786 bits per heavy atom. The normalized spacial score (nSPS) is 11.4. The third-order valence-electron chi connectivity index (χ3n) is 1.29. The van der Waals surface area contributed by atoms with Crippen molar-refractivity contribution in [2.24, 2.45) is 0 Å². The van der Waals surface area contributed by atoms with Crippen molar-refractivity contribution in [1.82, 2.24) is 0 Å². The van der Waals surface area contributed by atoms with Gasteiger partial charge in [-0.3, -0.25) is 0 Å². The van der Waals surface area contributed by atoms with Crippen molar-refractivity contribution in [1.29, 1.82) is 0 Å². The molecule has 0 saturated carbocycles. The van der Waals surface area contributed by atoms with Crippen molar-refractivity contribution >= 4 is 70.3 Å². The fraction of sp³-hybridized carbons (Fsp3) is 1.00. The maximum atomic E-state index is 5.85. The number of alkyl halides is 4. The lowest BCUT2D eigenvalue weighted by Gasteiger charge is -2.18. The lowest BCUT2D eigenvalue weighted by molar-refractivity contribution is 0.150. The zero-order valence-corrected chi connectivity index (χ0v) is 12.2. The van der Waals surface area contributed by atoms with E-state index in [0.717, 1.165) is 0 Å². The van der Waals surface area contributed by atoms with E-state index in [9.17, 15) is 0 Å². The highest BCUT2D eigenvalue weighted by Gasteiger charge is 2.29. The van der Waals surface area contributed by atoms with Crippen molar-refractivity contribution in [3.05, 3.63) is 0 Å². The van der Waals surface area contributed by atoms with Gasteiger partial charge in [0.2, 0.25) is 0 Å². The molecule has 14 heavy (non-hydrogen) atoms. The van der Waals surface area contributed by atoms with Crippen LogP contribution in [0.5, 0.6) is 0 Å². The molecular formula is C6H10AlCl5O2. The Morgan fingerprint density at radius 3 is 1.29 bits per heavy atom. The van der Waals surface area contributed by atoms with Crippen LogP contribution < -0.4 is 0 Å². The second-order valence-electron chi connectivity index (χ2n) is 2.41. The van der Waals surface area contributed by atoms with Crippen LogP contribution >= 0.6 is 56.5 Å². The Kier molecular flexibility index (Phi) is 11.5. The van der Waals surface area contributed by atoms with Crippen molar-refractivity contribution < 1.29 is 7.58 Å². The van der Waals surface area contributed by atoms with Gasteiger partial charge in [-0.2, -0.15) is 10.0 Å². The summed E-state index contributed by atoms with van der Waals surface area (Å²) in [5, 5.41) is 0. The van der Waals surface area contributed by atoms with E-state index in [0.29, 0.717) is 0 Å². The molecule has 0 N–H and O–H groups in total. The standard InChI is InChI=1S/2C3H5Cl2O.Al.ClH/c2*4-1-3(6)2-5;;/h2*3H,1-2H2;;1H/q2*-1;+3;/p-1. The average Bonchev–Trinajstić information content (AvgIpc) is 2.22. The molecule has 0 aromatic heterocycles. The van der Waals surface area contributed by atoms with Crippen LogP contribution in [0.15, 0.2) is 0 Å². The molecule has 0 rings (SSSR count). The minimum Gasteiger partial charge on any atom is -0.461 e. The molecular weight excluding hydrogens is 308 g/mol. The first-order valence-corrected chi connectivity index (χ1v) is 8.69. The predicted molar refractivity (Wildman–Crippen MR) is 64.2 cm³/mol. The summed E-state index contributed by atoms with van der Waals surface area (Å²) in [6.07, 6.45) is -0.558. The molecule has 0 unspecified atom stereocenters. The molecule has 84 valence electrons. The monoisotopic (exact) mass is 316 g/mol. The second-order valence-corrected chi connectivity index (χ2v) is 5.80. The van der Waals surface area contributed by atoms with E-state index in [1.54, 1.807) is 0 Å². The van der Waals surface area contributed by atoms with Gasteiger partial charge in [0.05, 0.1) is 12.2 Å². The summed E-state index contributed by atoms with van der Waals surface area (Å²) in [7, 11) is 5.85. The molecule has 0 aliphatic rings. The smallest absolute Gasteiger partial charge is 0.461 e. The van der Waals surface area contributed by atoms with Crippen LogP contribution in [0, 0.1) is 0 Å². The summed E-state index contributed by atoms with van der Waals surface area (Å²) in [6, 6.07) is 0. The van der Waals surface area contributed by atoms with E-state index in [-0.39, 0.29) is 35.7 Å². The lowest BCUT2D eigenvalue weighted by atomic mass is 10.5. The van der Waals surface area contributed by atoms with E-state index in [2.05, 4.69) is 0 Å². The number of rotatable bonds is 8. The largest absolute Gasteiger partial charge is 0.813 e. The Balaban J connectivity index is 3.77. The van der Waals surface area contributed by atoms with Crippen LogP contribution in [-0.2, 0) is 7.58 Å². The van der Waals surface area contributed by atoms with E-state index < -0.39 is 13.9 Å². The van der Waals surface area contributed by atoms with Crippen LogP contribution in [0.1, 0.15) is 0 Å². The van der Waals surface area contributed by atoms with Gasteiger partial charge in [0.15, 0.2) is 0 Å². The molecule has 8 heteroatoms. The molecule has 0 atom stereocenters. The van der Waals surface area contributed by atoms with Gasteiger partial charge in [-0.25, -0.2) is 0 Å². The molecule has 0 fully saturated rings. The van der Waals surface area contributed by atoms with Crippen molar-refractivity contribution in [3.8, 4) is 0 Å². The topological polar surface area (TPSA) is 18.5 Å². The first-order chi connectivity index (χ1) is 6.67. The molecule has 0 heterocycles. The summed E-state index contributed by atoms with van der Waals surface area (Å²) in [5.74, 6) is 1.15. The predicted octanol–water partition coefficient (Wildman–Crippen LogP) is 2.94. The summed E-state index contributed by atoms with van der Waals surface area (Å²) in [5.41, 5.74) is 0. The summed E-state index contributed by atoms with van der Waals surface area (Å²) < 4.78 is 10.6. The van der Waals surface area contributed by atoms with Gasteiger partial charge in [-0.1, -0.05) is 0 Å². The molecule has 0 aliphatic heterocycles. The maximum absolute atomic E-state index is 5.85. The van der Waals surface area contributed by atoms with Crippen LogP contribution in [0.4, 0.5) is 0 Å². The Hall–Kier alpha value is 1.90. The van der Waals surface area contributed by atoms with E-state index in [4.69, 9.17) is 64.0 Å². The zero-order chi connectivity index (χ0) is 11.0. The van der Waals surface area contributed by atoms with Crippen molar-refractivity contribution in [3.63, 3.8) is 0 Å². The Labute approximate surface area is 113 Å². The third-order valence-corrected chi connectivity index (χ3v) is 4.48. The Bertz CT molecular complexity index is 119. The maximum Gasteiger partial charge on any atom is 0.813 e. The lowest BCUT2D eigenvalue weighted by Crippen LogP contribution is -2.32. The quantitative estimate of drug-likeness (QED) is 0.506. The second kappa shape index (κ2) is 10.1. The van der Waals surface area contributed by atoms with Crippen molar-refractivity contribution in [2.45, 2.75) is 12.2 Å². The van der Waals surface area contributed by atoms with E-state index in [1.807, 2.05) is 0 Å². The molecule has 0 spiro atoms. The highest BCUT2D eigenvalue weighted by Crippen LogP contribution is 2.09. The number of halogens is 5. The van der Waals surface area contributed by atoms with Crippen LogP contribution in [-0.4, -0.2) is 49.6 Å². The first kappa shape index (κ1) is 15.9. The SMILES string of the molecule is ClCC(CCl)[O][Al]([Cl])[O]C(CCl)CCl. The summed E-state index contributed by atoms with van der Waals surface area (Å²) >= 11 is 20.0. The average molecular weight is 318 g/mol.